The molecule has 0 aromatic heterocycles. The number of sulfone groups is 1. The predicted octanol–water partition coefficient (Wildman–Crippen LogP) is 3.17. The Hall–Kier alpha value is -0.350. The molecule has 94 valence electrons. The summed E-state index contributed by atoms with van der Waals surface area (Å²) in [5, 5.41) is 0. The van der Waals surface area contributed by atoms with E-state index in [1.165, 1.54) is 16.7 Å². The minimum Gasteiger partial charge on any atom is -0.229 e. The number of rotatable bonds is 2. The predicted molar refractivity (Wildman–Crippen MR) is 74.3 cm³/mol. The van der Waals surface area contributed by atoms with Crippen LogP contribution in [0.3, 0.4) is 0 Å². The molecule has 1 aliphatic rings. The van der Waals surface area contributed by atoms with Gasteiger partial charge in [0.05, 0.1) is 11.5 Å². The highest BCUT2D eigenvalue weighted by Crippen LogP contribution is 2.39. The van der Waals surface area contributed by atoms with E-state index in [2.05, 4.69) is 48.0 Å². The first-order valence-corrected chi connectivity index (χ1v) is 8.54. The molecule has 1 fully saturated rings. The maximum absolute atomic E-state index is 11.5. The van der Waals surface area contributed by atoms with E-state index in [0.717, 1.165) is 6.42 Å². The Morgan fingerprint density at radius 2 is 2.06 bits per heavy atom. The fourth-order valence-electron chi connectivity index (χ4n) is 2.44. The van der Waals surface area contributed by atoms with Crippen molar-refractivity contribution >= 4 is 25.8 Å². The van der Waals surface area contributed by atoms with Gasteiger partial charge in [-0.3, -0.25) is 0 Å². The number of hydrogen-bond donors (Lipinski definition) is 0. The maximum Gasteiger partial charge on any atom is 0.150 e. The zero-order valence-corrected chi connectivity index (χ0v) is 12.5. The largest absolute Gasteiger partial charge is 0.229 e. The molecule has 1 heterocycles. The van der Waals surface area contributed by atoms with Gasteiger partial charge < -0.3 is 0 Å². The minimum atomic E-state index is -2.80. The molecule has 0 bridgehead atoms. The molecule has 2 rings (SSSR count). The van der Waals surface area contributed by atoms with E-state index in [1.54, 1.807) is 0 Å². The first-order chi connectivity index (χ1) is 7.89. The van der Waals surface area contributed by atoms with Gasteiger partial charge in [-0.25, -0.2) is 8.42 Å². The molecule has 0 amide bonds. The van der Waals surface area contributed by atoms with Crippen LogP contribution in [0.15, 0.2) is 18.2 Å². The molecule has 4 heteroatoms. The Balaban J connectivity index is 2.23. The Morgan fingerprint density at radius 1 is 1.35 bits per heavy atom. The van der Waals surface area contributed by atoms with Crippen LogP contribution in [0.2, 0.25) is 0 Å². The third-order valence-electron chi connectivity index (χ3n) is 3.40. The Labute approximate surface area is 111 Å². The van der Waals surface area contributed by atoms with Crippen molar-refractivity contribution in [1.82, 2.24) is 0 Å². The average Bonchev–Trinajstić information content (AvgIpc) is 2.58. The summed E-state index contributed by atoms with van der Waals surface area (Å²) in [7, 11) is -2.80. The van der Waals surface area contributed by atoms with Crippen molar-refractivity contribution in [3.8, 4) is 0 Å². The highest BCUT2D eigenvalue weighted by molar-refractivity contribution is 9.09. The lowest BCUT2D eigenvalue weighted by atomic mass is 9.94. The molecule has 2 atom stereocenters. The molecule has 0 N–H and O–H groups in total. The van der Waals surface area contributed by atoms with Crippen LogP contribution in [-0.4, -0.2) is 19.9 Å². The topological polar surface area (TPSA) is 34.1 Å². The quantitative estimate of drug-likeness (QED) is 0.785. The normalized spacial score (nSPS) is 24.8. The second-order valence-corrected chi connectivity index (χ2v) is 8.14. The Morgan fingerprint density at radius 3 is 2.59 bits per heavy atom. The Kier molecular flexibility index (Phi) is 3.64. The Bertz CT molecular complexity index is 522. The summed E-state index contributed by atoms with van der Waals surface area (Å²) in [6, 6.07) is 6.34. The minimum absolute atomic E-state index is 0.153. The second-order valence-electron chi connectivity index (χ2n) is 4.92. The van der Waals surface area contributed by atoms with Crippen molar-refractivity contribution in [2.75, 3.05) is 11.5 Å². The standard InChI is InChI=1S/C13H17BrO2S/c1-9-3-4-12(10(2)7-9)13(14)11-5-6-17(15,16)8-11/h3-4,7,11,13H,5-6,8H2,1-2H3. The molecule has 2 unspecified atom stereocenters. The first-order valence-electron chi connectivity index (χ1n) is 5.81. The molecule has 0 aliphatic carbocycles. The number of benzene rings is 1. The molecule has 1 aliphatic heterocycles. The summed E-state index contributed by atoms with van der Waals surface area (Å²) in [6.45, 7) is 4.15. The summed E-state index contributed by atoms with van der Waals surface area (Å²) >= 11 is 3.68. The van der Waals surface area contributed by atoms with Gasteiger partial charge in [0.15, 0.2) is 9.84 Å². The number of aryl methyl sites for hydroxylation is 2. The molecule has 2 nitrogen and oxygen atoms in total. The zero-order valence-electron chi connectivity index (χ0n) is 10.1. The number of halogens is 1. The van der Waals surface area contributed by atoms with Gasteiger partial charge in [-0.1, -0.05) is 39.7 Å². The van der Waals surface area contributed by atoms with Gasteiger partial charge in [0.2, 0.25) is 0 Å². The number of hydrogen-bond acceptors (Lipinski definition) is 2. The van der Waals surface area contributed by atoms with Crippen LogP contribution in [0.4, 0.5) is 0 Å². The van der Waals surface area contributed by atoms with Crippen LogP contribution in [-0.2, 0) is 9.84 Å². The van der Waals surface area contributed by atoms with Crippen LogP contribution >= 0.6 is 15.9 Å². The lowest BCUT2D eigenvalue weighted by molar-refractivity contribution is 0.578. The summed E-state index contributed by atoms with van der Waals surface area (Å²) in [5.41, 5.74) is 3.69. The van der Waals surface area contributed by atoms with Gasteiger partial charge in [0, 0.05) is 4.83 Å². The van der Waals surface area contributed by atoms with E-state index in [-0.39, 0.29) is 10.7 Å². The summed E-state index contributed by atoms with van der Waals surface area (Å²) < 4.78 is 23.0. The van der Waals surface area contributed by atoms with Gasteiger partial charge >= 0.3 is 0 Å². The van der Waals surface area contributed by atoms with Gasteiger partial charge in [0.25, 0.3) is 0 Å². The molecule has 0 radical (unpaired) electrons. The van der Waals surface area contributed by atoms with Crippen LogP contribution in [0.25, 0.3) is 0 Å². The first kappa shape index (κ1) is 13.1. The summed E-state index contributed by atoms with van der Waals surface area (Å²) in [5.74, 6) is 0.863. The lowest BCUT2D eigenvalue weighted by Gasteiger charge is -2.19. The summed E-state index contributed by atoms with van der Waals surface area (Å²) in [6.07, 6.45) is 0.769. The third kappa shape index (κ3) is 2.91. The van der Waals surface area contributed by atoms with E-state index in [4.69, 9.17) is 0 Å². The van der Waals surface area contributed by atoms with Crippen LogP contribution in [0.1, 0.15) is 27.9 Å². The molecular formula is C13H17BrO2S. The second kappa shape index (κ2) is 4.73. The SMILES string of the molecule is Cc1ccc(C(Br)C2CCS(=O)(=O)C2)c(C)c1. The van der Waals surface area contributed by atoms with Gasteiger partial charge in [-0.05, 0) is 37.3 Å². The fraction of sp³-hybridized carbons (Fsp3) is 0.538. The van der Waals surface area contributed by atoms with Crippen molar-refractivity contribution in [2.45, 2.75) is 25.1 Å². The van der Waals surface area contributed by atoms with Gasteiger partial charge in [-0.2, -0.15) is 0 Å². The number of alkyl halides is 1. The molecule has 0 spiro atoms. The van der Waals surface area contributed by atoms with E-state index in [9.17, 15) is 8.42 Å². The third-order valence-corrected chi connectivity index (χ3v) is 6.44. The van der Waals surface area contributed by atoms with Crippen molar-refractivity contribution in [3.05, 3.63) is 34.9 Å². The van der Waals surface area contributed by atoms with E-state index in [0.29, 0.717) is 11.5 Å². The summed E-state index contributed by atoms with van der Waals surface area (Å²) in [4.78, 5) is 0.153. The van der Waals surface area contributed by atoms with E-state index >= 15 is 0 Å². The molecule has 1 saturated heterocycles. The average molecular weight is 317 g/mol. The van der Waals surface area contributed by atoms with Crippen molar-refractivity contribution < 1.29 is 8.42 Å². The smallest absolute Gasteiger partial charge is 0.150 e. The van der Waals surface area contributed by atoms with Crippen molar-refractivity contribution in [2.24, 2.45) is 5.92 Å². The highest BCUT2D eigenvalue weighted by Gasteiger charge is 2.33. The fourth-order valence-corrected chi connectivity index (χ4v) is 5.50. The maximum atomic E-state index is 11.5. The van der Waals surface area contributed by atoms with Crippen LogP contribution in [0.5, 0.6) is 0 Å². The molecule has 1 aromatic rings. The van der Waals surface area contributed by atoms with Gasteiger partial charge in [-0.15, -0.1) is 0 Å². The molecule has 17 heavy (non-hydrogen) atoms. The van der Waals surface area contributed by atoms with E-state index in [1.807, 2.05) is 0 Å². The zero-order chi connectivity index (χ0) is 12.6. The monoisotopic (exact) mass is 316 g/mol. The lowest BCUT2D eigenvalue weighted by Crippen LogP contribution is -2.11. The van der Waals surface area contributed by atoms with Crippen LogP contribution < -0.4 is 0 Å². The molecule has 1 aromatic carbocycles. The highest BCUT2D eigenvalue weighted by atomic mass is 79.9. The van der Waals surface area contributed by atoms with Crippen molar-refractivity contribution in [3.63, 3.8) is 0 Å². The van der Waals surface area contributed by atoms with Crippen molar-refractivity contribution in [1.29, 1.82) is 0 Å². The van der Waals surface area contributed by atoms with E-state index < -0.39 is 9.84 Å². The molecule has 0 saturated carbocycles. The van der Waals surface area contributed by atoms with Crippen LogP contribution in [0, 0.1) is 19.8 Å². The molecular weight excluding hydrogens is 300 g/mol. The van der Waals surface area contributed by atoms with Gasteiger partial charge in [0.1, 0.15) is 0 Å².